The monoisotopic (exact) mass is 198 g/mol. The zero-order valence-corrected chi connectivity index (χ0v) is 8.65. The molecule has 0 amide bonds. The Balaban J connectivity index is 2.04. The minimum absolute atomic E-state index is 0.313. The average Bonchev–Trinajstić information content (AvgIpc) is 2.66. The molecule has 15 heavy (non-hydrogen) atoms. The first-order chi connectivity index (χ1) is 7.36. The summed E-state index contributed by atoms with van der Waals surface area (Å²) in [6, 6.07) is 10.1. The van der Waals surface area contributed by atoms with E-state index in [9.17, 15) is 4.79 Å². The Morgan fingerprint density at radius 3 is 2.53 bits per heavy atom. The van der Waals surface area contributed by atoms with Gasteiger partial charge in [-0.25, -0.2) is 0 Å². The van der Waals surface area contributed by atoms with Gasteiger partial charge in [0, 0.05) is 6.42 Å². The van der Waals surface area contributed by atoms with E-state index in [0.717, 1.165) is 24.8 Å². The van der Waals surface area contributed by atoms with Gasteiger partial charge in [0.15, 0.2) is 5.78 Å². The Morgan fingerprint density at radius 2 is 1.87 bits per heavy atom. The maximum Gasteiger partial charge on any atom is 0.158 e. The van der Waals surface area contributed by atoms with Crippen molar-refractivity contribution in [3.05, 3.63) is 53.6 Å². The molecule has 0 aromatic heterocycles. The highest BCUT2D eigenvalue weighted by molar-refractivity contribution is 5.97. The van der Waals surface area contributed by atoms with Crippen LogP contribution in [0.5, 0.6) is 0 Å². The fourth-order valence-corrected chi connectivity index (χ4v) is 1.76. The minimum atomic E-state index is 0.313. The number of carbonyl (C=O) groups is 1. The highest BCUT2D eigenvalue weighted by Gasteiger charge is 2.15. The van der Waals surface area contributed by atoms with Crippen molar-refractivity contribution in [1.29, 1.82) is 0 Å². The van der Waals surface area contributed by atoms with E-state index in [1.807, 2.05) is 48.6 Å². The normalized spacial score (nSPS) is 19.2. The lowest BCUT2D eigenvalue weighted by atomic mass is 10.1. The summed E-state index contributed by atoms with van der Waals surface area (Å²) in [6.45, 7) is 0. The average molecular weight is 198 g/mol. The van der Waals surface area contributed by atoms with Crippen molar-refractivity contribution in [1.82, 2.24) is 0 Å². The highest BCUT2D eigenvalue weighted by Crippen LogP contribution is 2.20. The standard InChI is InChI=1S/C14H14O/c15-14-11-5-10-13(14)9-4-8-12-6-2-1-3-7-12/h1-4,6-9H,5,10-11H2/b8-4+,13-9+. The third-order valence-electron chi connectivity index (χ3n) is 2.59. The number of hydrogen-bond acceptors (Lipinski definition) is 1. The highest BCUT2D eigenvalue weighted by atomic mass is 16.1. The van der Waals surface area contributed by atoms with Gasteiger partial charge in [-0.2, -0.15) is 0 Å². The van der Waals surface area contributed by atoms with E-state index in [-0.39, 0.29) is 0 Å². The summed E-state index contributed by atoms with van der Waals surface area (Å²) < 4.78 is 0. The summed E-state index contributed by atoms with van der Waals surface area (Å²) in [6.07, 6.45) is 8.63. The van der Waals surface area contributed by atoms with E-state index in [0.29, 0.717) is 5.78 Å². The first-order valence-corrected chi connectivity index (χ1v) is 5.32. The van der Waals surface area contributed by atoms with E-state index in [2.05, 4.69) is 0 Å². The van der Waals surface area contributed by atoms with Gasteiger partial charge in [0.05, 0.1) is 0 Å². The molecule has 1 saturated carbocycles. The van der Waals surface area contributed by atoms with Crippen LogP contribution in [-0.2, 0) is 4.79 Å². The molecular formula is C14H14O. The summed E-state index contributed by atoms with van der Waals surface area (Å²) in [5, 5.41) is 0. The quantitative estimate of drug-likeness (QED) is 0.666. The molecule has 1 heteroatoms. The van der Waals surface area contributed by atoms with E-state index in [4.69, 9.17) is 0 Å². The van der Waals surface area contributed by atoms with Crippen LogP contribution in [0.25, 0.3) is 6.08 Å². The third-order valence-corrected chi connectivity index (χ3v) is 2.59. The lowest BCUT2D eigenvalue weighted by Gasteiger charge is -1.91. The van der Waals surface area contributed by atoms with E-state index in [1.54, 1.807) is 0 Å². The Hall–Kier alpha value is -1.63. The Labute approximate surface area is 90.1 Å². The van der Waals surface area contributed by atoms with Crippen molar-refractivity contribution in [2.45, 2.75) is 19.3 Å². The summed E-state index contributed by atoms with van der Waals surface area (Å²) in [5.41, 5.74) is 2.14. The third kappa shape index (κ3) is 2.66. The van der Waals surface area contributed by atoms with Crippen molar-refractivity contribution in [3.63, 3.8) is 0 Å². The number of carbonyl (C=O) groups excluding carboxylic acids is 1. The molecule has 0 N–H and O–H groups in total. The number of allylic oxidation sites excluding steroid dienone is 3. The maximum absolute atomic E-state index is 11.3. The number of Topliss-reactive ketones (excluding diaryl/α,β-unsaturated/α-hetero) is 1. The summed E-state index contributed by atoms with van der Waals surface area (Å²) in [4.78, 5) is 11.3. The fourth-order valence-electron chi connectivity index (χ4n) is 1.76. The van der Waals surface area contributed by atoms with Crippen molar-refractivity contribution >= 4 is 11.9 Å². The summed E-state index contributed by atoms with van der Waals surface area (Å²) in [7, 11) is 0. The summed E-state index contributed by atoms with van der Waals surface area (Å²) >= 11 is 0. The van der Waals surface area contributed by atoms with Gasteiger partial charge in [-0.3, -0.25) is 4.79 Å². The molecule has 1 aromatic carbocycles. The van der Waals surface area contributed by atoms with Crippen LogP contribution in [0.2, 0.25) is 0 Å². The molecule has 0 heterocycles. The molecule has 0 bridgehead atoms. The second kappa shape index (κ2) is 4.74. The lowest BCUT2D eigenvalue weighted by molar-refractivity contribution is -0.114. The predicted octanol–water partition coefficient (Wildman–Crippen LogP) is 3.38. The molecule has 0 atom stereocenters. The molecule has 1 nitrogen and oxygen atoms in total. The Kier molecular flexibility index (Phi) is 3.13. The molecule has 0 radical (unpaired) electrons. The van der Waals surface area contributed by atoms with Gasteiger partial charge in [0.1, 0.15) is 0 Å². The second-order valence-electron chi connectivity index (χ2n) is 3.74. The van der Waals surface area contributed by atoms with Crippen LogP contribution in [-0.4, -0.2) is 5.78 Å². The van der Waals surface area contributed by atoms with Gasteiger partial charge < -0.3 is 0 Å². The van der Waals surface area contributed by atoms with Crippen molar-refractivity contribution in [2.75, 3.05) is 0 Å². The molecule has 0 unspecified atom stereocenters. The molecule has 2 rings (SSSR count). The van der Waals surface area contributed by atoms with Gasteiger partial charge >= 0.3 is 0 Å². The SMILES string of the molecule is O=C1CCC/C1=C\C=C\c1ccccc1. The van der Waals surface area contributed by atoms with Crippen LogP contribution in [0.3, 0.4) is 0 Å². The lowest BCUT2D eigenvalue weighted by Crippen LogP contribution is -1.89. The predicted molar refractivity (Wildman–Crippen MR) is 62.4 cm³/mol. The molecule has 1 fully saturated rings. The van der Waals surface area contributed by atoms with Crippen LogP contribution >= 0.6 is 0 Å². The smallest absolute Gasteiger partial charge is 0.158 e. The van der Waals surface area contributed by atoms with Crippen LogP contribution in [0.15, 0.2) is 48.1 Å². The van der Waals surface area contributed by atoms with Crippen molar-refractivity contribution < 1.29 is 4.79 Å². The molecular weight excluding hydrogens is 184 g/mol. The Bertz CT molecular complexity index is 399. The van der Waals surface area contributed by atoms with Crippen LogP contribution in [0, 0.1) is 0 Å². The molecule has 1 aliphatic rings. The van der Waals surface area contributed by atoms with Crippen molar-refractivity contribution in [3.8, 4) is 0 Å². The molecule has 0 spiro atoms. The zero-order valence-electron chi connectivity index (χ0n) is 8.65. The number of ketones is 1. The number of rotatable bonds is 2. The molecule has 1 aliphatic carbocycles. The van der Waals surface area contributed by atoms with E-state index < -0.39 is 0 Å². The Morgan fingerprint density at radius 1 is 1.07 bits per heavy atom. The topological polar surface area (TPSA) is 17.1 Å². The molecule has 76 valence electrons. The van der Waals surface area contributed by atoms with E-state index >= 15 is 0 Å². The molecule has 0 aliphatic heterocycles. The summed E-state index contributed by atoms with van der Waals surface area (Å²) in [5.74, 6) is 0.313. The van der Waals surface area contributed by atoms with Crippen LogP contribution in [0.1, 0.15) is 24.8 Å². The van der Waals surface area contributed by atoms with Gasteiger partial charge in [-0.15, -0.1) is 0 Å². The zero-order chi connectivity index (χ0) is 10.5. The molecule has 0 saturated heterocycles. The first-order valence-electron chi connectivity index (χ1n) is 5.32. The molecule has 1 aromatic rings. The van der Waals surface area contributed by atoms with Gasteiger partial charge in [0.25, 0.3) is 0 Å². The number of benzene rings is 1. The largest absolute Gasteiger partial charge is 0.295 e. The van der Waals surface area contributed by atoms with Gasteiger partial charge in [-0.05, 0) is 24.0 Å². The first kappa shape index (κ1) is 9.91. The van der Waals surface area contributed by atoms with Gasteiger partial charge in [-0.1, -0.05) is 48.6 Å². The minimum Gasteiger partial charge on any atom is -0.295 e. The van der Waals surface area contributed by atoms with Gasteiger partial charge in [0.2, 0.25) is 0 Å². The second-order valence-corrected chi connectivity index (χ2v) is 3.74. The van der Waals surface area contributed by atoms with Crippen LogP contribution in [0.4, 0.5) is 0 Å². The maximum atomic E-state index is 11.3. The van der Waals surface area contributed by atoms with E-state index in [1.165, 1.54) is 5.56 Å². The van der Waals surface area contributed by atoms with Crippen LogP contribution < -0.4 is 0 Å². The van der Waals surface area contributed by atoms with Crippen molar-refractivity contribution in [2.24, 2.45) is 0 Å². The fraction of sp³-hybridized carbons (Fsp3) is 0.214. The number of hydrogen-bond donors (Lipinski definition) is 0.